The Bertz CT molecular complexity index is 3080. The molecule has 76 heavy (non-hydrogen) atoms. The second kappa shape index (κ2) is 23.3. The molecule has 8 aromatic rings. The Morgan fingerprint density at radius 2 is 1.00 bits per heavy atom. The zero-order valence-electron chi connectivity index (χ0n) is 44.4. The monoisotopic (exact) mass is 1360 g/mol. The van der Waals surface area contributed by atoms with Crippen LogP contribution in [-0.2, 0) is 52.0 Å². The summed E-state index contributed by atoms with van der Waals surface area (Å²) < 4.78 is 6.08. The summed E-state index contributed by atoms with van der Waals surface area (Å²) >= 11 is 0. The molecule has 397 valence electrons. The van der Waals surface area contributed by atoms with Crippen LogP contribution in [0.4, 0.5) is 51.4 Å². The van der Waals surface area contributed by atoms with Gasteiger partial charge < -0.3 is 44.1 Å². The number of hydrogen-bond acceptors (Lipinski definition) is 11. The zero-order chi connectivity index (χ0) is 51.6. The predicted octanol–water partition coefficient (Wildman–Crippen LogP) is 14.5. The SMILES string of the molecule is CC(C)(C)N1[CH-]N(c2[c-]c(Oc3[c-]c(-c4[c-]cccn4)ncc3)ccc2)c2ccccc21.CC(C)(C)c1c[c-]c(N2[CH-]N(CCCCN3[CH-]N(c4[c-]cc(C(C)(C)C)cc4)c4cccnc43)c3ncccc32)cc1.[Ir].[Pt]. The van der Waals surface area contributed by atoms with Gasteiger partial charge in [-0.3, -0.25) is 0 Å². The van der Waals surface area contributed by atoms with Crippen molar-refractivity contribution >= 4 is 51.4 Å². The number of aromatic nitrogens is 4. The Labute approximate surface area is 478 Å². The number of nitrogens with zero attached hydrogens (tertiary/aromatic N) is 10. The van der Waals surface area contributed by atoms with Gasteiger partial charge in [0, 0.05) is 82.0 Å². The maximum atomic E-state index is 6.08. The standard InChI is InChI=1S/C36H40N6.C27H22N4O.Ir.Pt/c1-35(2,3)27-13-17-29(18-14-27)41-25-39(33-31(41)11-9-21-37-33)23-7-8-24-40-26-42(32-12-10-22-38-34(32)40)30-19-15-28(16-20-30)36(4,5)6;1-27(2,3)31-19-30(25-12-4-5-13-26(25)31)20-9-8-10-21(17-20)32-22-14-16-29-24(18-22)23-11-6-7-15-28-23;;/h9-17,19,21-22,25-26H,7-8,23-24H2,1-6H3;4-10,12-16,19H,1-3H3;;/q2*-4;;. The summed E-state index contributed by atoms with van der Waals surface area (Å²) in [4.78, 5) is 31.4. The summed E-state index contributed by atoms with van der Waals surface area (Å²) in [7, 11) is 0. The first-order chi connectivity index (χ1) is 35.6. The van der Waals surface area contributed by atoms with Crippen LogP contribution in [0.1, 0.15) is 86.3 Å². The molecule has 0 aliphatic carbocycles. The fourth-order valence-corrected chi connectivity index (χ4v) is 9.05. The Morgan fingerprint density at radius 3 is 1.53 bits per heavy atom. The van der Waals surface area contributed by atoms with Crippen molar-refractivity contribution in [3.63, 3.8) is 0 Å². The van der Waals surface area contributed by atoms with Gasteiger partial charge in [-0.15, -0.1) is 70.9 Å². The van der Waals surface area contributed by atoms with E-state index in [-0.39, 0.29) is 57.5 Å². The van der Waals surface area contributed by atoms with Gasteiger partial charge in [0.25, 0.3) is 0 Å². The molecule has 7 heterocycles. The number of rotatable bonds is 11. The third-order valence-electron chi connectivity index (χ3n) is 13.1. The maximum Gasteiger partial charge on any atom is 0.122 e. The van der Waals surface area contributed by atoms with Crippen molar-refractivity contribution in [2.24, 2.45) is 0 Å². The van der Waals surface area contributed by atoms with Crippen LogP contribution in [0.25, 0.3) is 11.4 Å². The summed E-state index contributed by atoms with van der Waals surface area (Å²) in [5.74, 6) is 3.13. The third-order valence-corrected chi connectivity index (χ3v) is 13.1. The molecule has 13 heteroatoms. The van der Waals surface area contributed by atoms with Gasteiger partial charge in [-0.25, -0.2) is 16.0 Å². The molecule has 0 amide bonds. The second-order valence-corrected chi connectivity index (χ2v) is 21.6. The topological polar surface area (TPSA) is 80.2 Å². The number of para-hydroxylation sites is 2. The van der Waals surface area contributed by atoms with Gasteiger partial charge in [-0.05, 0) is 95.5 Å². The first-order valence-corrected chi connectivity index (χ1v) is 25.3. The minimum Gasteiger partial charge on any atom is -0.510 e. The number of benzene rings is 4. The van der Waals surface area contributed by atoms with E-state index in [1.807, 2.05) is 54.9 Å². The molecule has 4 aromatic carbocycles. The van der Waals surface area contributed by atoms with Crippen LogP contribution in [0, 0.1) is 50.3 Å². The quantitative estimate of drug-likeness (QED) is 0.0917. The van der Waals surface area contributed by atoms with Gasteiger partial charge >= 0.3 is 0 Å². The van der Waals surface area contributed by atoms with Crippen LogP contribution in [0.3, 0.4) is 0 Å². The summed E-state index contributed by atoms with van der Waals surface area (Å²) in [5.41, 5.74) is 11.3. The molecule has 11 rings (SSSR count). The van der Waals surface area contributed by atoms with Crippen LogP contribution in [0.15, 0.2) is 146 Å². The van der Waals surface area contributed by atoms with E-state index in [9.17, 15) is 0 Å². The second-order valence-electron chi connectivity index (χ2n) is 21.6. The summed E-state index contributed by atoms with van der Waals surface area (Å²) in [5, 5.41) is 0. The van der Waals surface area contributed by atoms with Crippen molar-refractivity contribution in [3.8, 4) is 22.9 Å². The minimum atomic E-state index is -0.0517. The minimum absolute atomic E-state index is 0. The van der Waals surface area contributed by atoms with E-state index < -0.39 is 0 Å². The van der Waals surface area contributed by atoms with E-state index in [0.29, 0.717) is 22.9 Å². The average molecular weight is 1360 g/mol. The van der Waals surface area contributed by atoms with Crippen molar-refractivity contribution in [1.29, 1.82) is 0 Å². The number of ether oxygens (including phenoxy) is 1. The summed E-state index contributed by atoms with van der Waals surface area (Å²) in [6.07, 6.45) is 9.17. The van der Waals surface area contributed by atoms with Crippen LogP contribution in [-0.4, -0.2) is 38.6 Å². The number of anilines is 9. The number of fused-ring (bicyclic) bond motifs is 3. The zero-order valence-corrected chi connectivity index (χ0v) is 49.1. The molecule has 0 atom stereocenters. The Hall–Kier alpha value is -6.58. The summed E-state index contributed by atoms with van der Waals surface area (Å²) in [6.45, 7) is 28.2. The smallest absolute Gasteiger partial charge is 0.122 e. The molecule has 3 aliphatic heterocycles. The first-order valence-electron chi connectivity index (χ1n) is 25.3. The molecule has 0 saturated carbocycles. The fraction of sp³-hybridized carbons (Fsp3) is 0.254. The van der Waals surface area contributed by atoms with Crippen molar-refractivity contribution < 1.29 is 45.9 Å². The van der Waals surface area contributed by atoms with E-state index in [1.54, 1.807) is 24.5 Å². The third kappa shape index (κ3) is 12.3. The van der Waals surface area contributed by atoms with E-state index >= 15 is 0 Å². The van der Waals surface area contributed by atoms with Crippen LogP contribution < -0.4 is 34.1 Å². The van der Waals surface area contributed by atoms with E-state index in [2.05, 4.69) is 219 Å². The predicted molar refractivity (Wildman–Crippen MR) is 299 cm³/mol. The van der Waals surface area contributed by atoms with Crippen molar-refractivity contribution in [2.75, 3.05) is 42.5 Å². The van der Waals surface area contributed by atoms with Crippen LogP contribution in [0.2, 0.25) is 0 Å². The molecule has 11 nitrogen and oxygen atoms in total. The van der Waals surface area contributed by atoms with E-state index in [0.717, 1.165) is 71.7 Å². The fourth-order valence-electron chi connectivity index (χ4n) is 9.05. The molecule has 0 N–H and O–H groups in total. The molecular formula is C63H62IrN10OPt-8. The van der Waals surface area contributed by atoms with Crippen LogP contribution in [0.5, 0.6) is 11.5 Å². The Morgan fingerprint density at radius 1 is 0.474 bits per heavy atom. The Kier molecular flexibility index (Phi) is 17.1. The average Bonchev–Trinajstić information content (AvgIpc) is 4.11. The molecule has 0 fully saturated rings. The van der Waals surface area contributed by atoms with Gasteiger partial charge in [-0.1, -0.05) is 64.5 Å². The van der Waals surface area contributed by atoms with Gasteiger partial charge in [0.1, 0.15) is 11.6 Å². The van der Waals surface area contributed by atoms with E-state index in [1.165, 1.54) is 16.8 Å². The van der Waals surface area contributed by atoms with E-state index in [4.69, 9.17) is 14.7 Å². The van der Waals surface area contributed by atoms with Gasteiger partial charge in [0.05, 0.1) is 11.4 Å². The van der Waals surface area contributed by atoms with Gasteiger partial charge in [-0.2, -0.15) is 85.7 Å². The largest absolute Gasteiger partial charge is 0.510 e. The van der Waals surface area contributed by atoms with Crippen molar-refractivity contribution in [3.05, 3.63) is 208 Å². The number of pyridine rings is 4. The molecule has 0 saturated heterocycles. The van der Waals surface area contributed by atoms with Crippen molar-refractivity contribution in [1.82, 2.24) is 19.9 Å². The maximum absolute atomic E-state index is 6.08. The molecule has 3 aliphatic rings. The normalized spacial score (nSPS) is 13.8. The molecule has 0 unspecified atom stereocenters. The molecular weight excluding hydrogens is 1300 g/mol. The van der Waals surface area contributed by atoms with Gasteiger partial charge in [0.15, 0.2) is 0 Å². The molecule has 0 bridgehead atoms. The van der Waals surface area contributed by atoms with Gasteiger partial charge in [0.2, 0.25) is 0 Å². The summed E-state index contributed by atoms with van der Waals surface area (Å²) in [6, 6.07) is 57.5. The first kappa shape index (κ1) is 55.6. The Balaban J connectivity index is 0.000000203. The molecule has 4 aromatic heterocycles. The number of hydrogen-bond donors (Lipinski definition) is 0. The van der Waals surface area contributed by atoms with Crippen molar-refractivity contribution in [2.45, 2.75) is 91.5 Å². The van der Waals surface area contributed by atoms with Crippen LogP contribution >= 0.6 is 0 Å². The molecule has 1 radical (unpaired) electrons. The number of unbranched alkanes of at least 4 members (excludes halogenated alkanes) is 1. The molecule has 0 spiro atoms.